The zero-order valence-electron chi connectivity index (χ0n) is 13.7. The van der Waals surface area contributed by atoms with Gasteiger partial charge >= 0.3 is 5.97 Å². The summed E-state index contributed by atoms with van der Waals surface area (Å²) in [4.78, 5) is 33.4. The molecule has 7 nitrogen and oxygen atoms in total. The molecule has 4 rings (SSSR count). The van der Waals surface area contributed by atoms with E-state index < -0.39 is 5.97 Å². The van der Waals surface area contributed by atoms with E-state index in [1.165, 1.54) is 0 Å². The van der Waals surface area contributed by atoms with Gasteiger partial charge in [-0.3, -0.25) is 4.79 Å². The minimum Gasteiger partial charge on any atom is -0.478 e. The predicted molar refractivity (Wildman–Crippen MR) is 89.0 cm³/mol. The minimum absolute atomic E-state index is 0.0313. The van der Waals surface area contributed by atoms with Crippen LogP contribution in [0.5, 0.6) is 0 Å². The number of aromatic carboxylic acids is 1. The number of carboxylic acids is 1. The third-order valence-electron chi connectivity index (χ3n) is 4.81. The number of H-pyrrole nitrogens is 1. The van der Waals surface area contributed by atoms with Gasteiger partial charge in [-0.2, -0.15) is 0 Å². The Morgan fingerprint density at radius 2 is 2.24 bits per heavy atom. The molecule has 0 bridgehead atoms. The number of nitrogens with one attached hydrogen (secondary N) is 1. The van der Waals surface area contributed by atoms with E-state index in [1.54, 1.807) is 18.2 Å². The molecule has 1 amide bonds. The normalized spacial score (nSPS) is 19.7. The zero-order valence-corrected chi connectivity index (χ0v) is 13.7. The van der Waals surface area contributed by atoms with Crippen molar-refractivity contribution in [2.45, 2.75) is 19.4 Å². The first kappa shape index (κ1) is 15.8. The average molecular weight is 341 g/mol. The maximum atomic E-state index is 12.6. The van der Waals surface area contributed by atoms with Crippen LogP contribution in [0.1, 0.15) is 28.2 Å². The van der Waals surface area contributed by atoms with E-state index in [-0.39, 0.29) is 17.4 Å². The molecule has 1 fully saturated rings. The van der Waals surface area contributed by atoms with Gasteiger partial charge in [-0.25, -0.2) is 9.78 Å². The number of hydrogen-bond acceptors (Lipinski definition) is 4. The zero-order chi connectivity index (χ0) is 17.4. The van der Waals surface area contributed by atoms with Crippen molar-refractivity contribution < 1.29 is 19.4 Å². The molecule has 0 saturated carbocycles. The first-order valence-electron chi connectivity index (χ1n) is 8.40. The molecule has 25 heavy (non-hydrogen) atoms. The lowest BCUT2D eigenvalue weighted by atomic mass is 10.0. The number of benzene rings is 1. The van der Waals surface area contributed by atoms with E-state index >= 15 is 0 Å². The number of imidazole rings is 1. The molecule has 1 atom stereocenters. The van der Waals surface area contributed by atoms with E-state index in [4.69, 9.17) is 9.84 Å². The monoisotopic (exact) mass is 341 g/mol. The van der Waals surface area contributed by atoms with E-state index in [0.717, 1.165) is 23.4 Å². The lowest BCUT2D eigenvalue weighted by molar-refractivity contribution is -0.136. The molecule has 1 aromatic carbocycles. The molecule has 2 aliphatic heterocycles. The van der Waals surface area contributed by atoms with Crippen molar-refractivity contribution in [2.24, 2.45) is 5.92 Å². The topological polar surface area (TPSA) is 95.5 Å². The molecule has 2 aliphatic rings. The third-order valence-corrected chi connectivity index (χ3v) is 4.81. The van der Waals surface area contributed by atoms with Gasteiger partial charge in [-0.15, -0.1) is 0 Å². The van der Waals surface area contributed by atoms with Crippen LogP contribution >= 0.6 is 0 Å². The summed E-state index contributed by atoms with van der Waals surface area (Å²) in [5.74, 6) is -0.205. The Morgan fingerprint density at radius 3 is 3.00 bits per heavy atom. The first-order valence-corrected chi connectivity index (χ1v) is 8.40. The summed E-state index contributed by atoms with van der Waals surface area (Å²) in [5, 5.41) is 9.13. The fourth-order valence-corrected chi connectivity index (χ4v) is 3.41. The summed E-state index contributed by atoms with van der Waals surface area (Å²) < 4.78 is 5.32. The van der Waals surface area contributed by atoms with Crippen molar-refractivity contribution in [3.63, 3.8) is 0 Å². The van der Waals surface area contributed by atoms with Crippen LogP contribution in [0.25, 0.3) is 11.4 Å². The highest BCUT2D eigenvalue weighted by Crippen LogP contribution is 2.25. The van der Waals surface area contributed by atoms with Crippen molar-refractivity contribution in [1.82, 2.24) is 14.9 Å². The number of hydrogen-bond donors (Lipinski definition) is 2. The maximum Gasteiger partial charge on any atom is 0.335 e. The molecule has 1 aromatic heterocycles. The molecule has 2 N–H and O–H groups in total. The predicted octanol–water partition coefficient (Wildman–Crippen LogP) is 1.70. The van der Waals surface area contributed by atoms with E-state index in [1.807, 2.05) is 11.0 Å². The van der Waals surface area contributed by atoms with Crippen LogP contribution in [-0.2, 0) is 22.5 Å². The Labute approximate surface area is 144 Å². The maximum absolute atomic E-state index is 12.6. The summed E-state index contributed by atoms with van der Waals surface area (Å²) in [5.41, 5.74) is 2.83. The SMILES string of the molecule is O=C(O)c1cccc(-c2nc3c([nH]2)CN(C(=O)C2CCOC2)CC3)c1. The summed E-state index contributed by atoms with van der Waals surface area (Å²) in [6.07, 6.45) is 1.49. The number of nitrogens with zero attached hydrogens (tertiary/aromatic N) is 2. The highest BCUT2D eigenvalue weighted by atomic mass is 16.5. The second kappa shape index (κ2) is 6.33. The largest absolute Gasteiger partial charge is 0.478 e. The summed E-state index contributed by atoms with van der Waals surface area (Å²) >= 11 is 0. The highest BCUT2D eigenvalue weighted by molar-refractivity contribution is 5.89. The number of aromatic amines is 1. The van der Waals surface area contributed by atoms with Gasteiger partial charge in [0.15, 0.2) is 0 Å². The summed E-state index contributed by atoms with van der Waals surface area (Å²) in [7, 11) is 0. The third kappa shape index (κ3) is 3.02. The number of rotatable bonds is 3. The van der Waals surface area contributed by atoms with Gasteiger partial charge in [0.25, 0.3) is 0 Å². The Bertz CT molecular complexity index is 823. The van der Waals surface area contributed by atoms with Crippen LogP contribution in [0.2, 0.25) is 0 Å². The van der Waals surface area contributed by atoms with Crippen molar-refractivity contribution in [1.29, 1.82) is 0 Å². The van der Waals surface area contributed by atoms with Crippen molar-refractivity contribution in [2.75, 3.05) is 19.8 Å². The number of ether oxygens (including phenoxy) is 1. The number of carbonyl (C=O) groups excluding carboxylic acids is 1. The van der Waals surface area contributed by atoms with Crippen molar-refractivity contribution in [3.8, 4) is 11.4 Å². The minimum atomic E-state index is -0.964. The van der Waals surface area contributed by atoms with Gasteiger partial charge in [0, 0.05) is 25.1 Å². The van der Waals surface area contributed by atoms with Crippen LogP contribution in [0, 0.1) is 5.92 Å². The van der Waals surface area contributed by atoms with Crippen LogP contribution < -0.4 is 0 Å². The smallest absolute Gasteiger partial charge is 0.335 e. The quantitative estimate of drug-likeness (QED) is 0.886. The molecular weight excluding hydrogens is 322 g/mol. The van der Waals surface area contributed by atoms with Crippen molar-refractivity contribution in [3.05, 3.63) is 41.2 Å². The van der Waals surface area contributed by atoms with Crippen LogP contribution in [0.4, 0.5) is 0 Å². The molecule has 130 valence electrons. The Kier molecular flexibility index (Phi) is 4.01. The van der Waals surface area contributed by atoms with Crippen molar-refractivity contribution >= 4 is 11.9 Å². The number of amides is 1. The number of fused-ring (bicyclic) bond motifs is 1. The van der Waals surface area contributed by atoms with Gasteiger partial charge < -0.3 is 19.7 Å². The second-order valence-corrected chi connectivity index (χ2v) is 6.47. The second-order valence-electron chi connectivity index (χ2n) is 6.47. The van der Waals surface area contributed by atoms with Gasteiger partial charge in [-0.1, -0.05) is 12.1 Å². The molecule has 0 spiro atoms. The van der Waals surface area contributed by atoms with Crippen LogP contribution in [-0.4, -0.2) is 51.6 Å². The first-order chi connectivity index (χ1) is 12.1. The van der Waals surface area contributed by atoms with E-state index in [0.29, 0.717) is 38.5 Å². The Hall–Kier alpha value is -2.67. The molecule has 0 radical (unpaired) electrons. The standard InChI is InChI=1S/C18H19N3O4/c22-17(13-5-7-25-10-13)21-6-4-14-15(9-21)20-16(19-14)11-2-1-3-12(8-11)18(23)24/h1-3,8,13H,4-7,9-10H2,(H,19,20)(H,23,24). The molecule has 2 aromatic rings. The van der Waals surface area contributed by atoms with Gasteiger partial charge in [-0.05, 0) is 18.6 Å². The number of carboxylic acid groups (broad SMARTS) is 1. The Morgan fingerprint density at radius 1 is 1.36 bits per heavy atom. The van der Waals surface area contributed by atoms with Gasteiger partial charge in [0.1, 0.15) is 5.82 Å². The molecular formula is C18H19N3O4. The lowest BCUT2D eigenvalue weighted by Crippen LogP contribution is -2.40. The molecule has 1 saturated heterocycles. The van der Waals surface area contributed by atoms with E-state index in [9.17, 15) is 9.59 Å². The number of aromatic nitrogens is 2. The highest BCUT2D eigenvalue weighted by Gasteiger charge is 2.31. The van der Waals surface area contributed by atoms with Gasteiger partial charge in [0.05, 0.1) is 36.0 Å². The van der Waals surface area contributed by atoms with E-state index in [2.05, 4.69) is 9.97 Å². The Balaban J connectivity index is 1.55. The lowest BCUT2D eigenvalue weighted by Gasteiger charge is -2.28. The van der Waals surface area contributed by atoms with Crippen LogP contribution in [0.15, 0.2) is 24.3 Å². The van der Waals surface area contributed by atoms with Gasteiger partial charge in [0.2, 0.25) is 5.91 Å². The summed E-state index contributed by atoms with van der Waals surface area (Å²) in [6.45, 7) is 2.33. The molecule has 7 heteroatoms. The molecule has 0 aliphatic carbocycles. The molecule has 3 heterocycles. The molecule has 1 unspecified atom stereocenters. The fraction of sp³-hybridized carbons (Fsp3) is 0.389. The fourth-order valence-electron chi connectivity index (χ4n) is 3.41. The number of carbonyl (C=O) groups is 2. The summed E-state index contributed by atoms with van der Waals surface area (Å²) in [6, 6.07) is 6.69. The average Bonchev–Trinajstić information content (AvgIpc) is 3.30. The van der Waals surface area contributed by atoms with Crippen LogP contribution in [0.3, 0.4) is 0 Å².